The number of nitrogens with one attached hydrogen (secondary N) is 1. The van der Waals surface area contributed by atoms with E-state index in [-0.39, 0.29) is 0 Å². The van der Waals surface area contributed by atoms with Crippen LogP contribution in [-0.2, 0) is 17.8 Å². The first-order valence-electron chi connectivity index (χ1n) is 8.97. The Kier molecular flexibility index (Phi) is 5.01. The molecule has 0 saturated heterocycles. The van der Waals surface area contributed by atoms with Crippen molar-refractivity contribution in [1.29, 1.82) is 0 Å². The van der Waals surface area contributed by atoms with Crippen molar-refractivity contribution in [1.82, 2.24) is 9.88 Å². The lowest BCUT2D eigenvalue weighted by atomic mass is 10.0. The van der Waals surface area contributed by atoms with E-state index in [0.29, 0.717) is 5.91 Å². The molecule has 2 heterocycles. The standard InChI is InChI=1S/C19H28N2O/c1-2-3-4-5-6-11-19(22)21-13-12-18-16(14-21)15-9-7-8-10-17(15)20-18/h9-10,20H,2-8,11-14H2,1H3. The van der Waals surface area contributed by atoms with Gasteiger partial charge in [0.05, 0.1) is 0 Å². The van der Waals surface area contributed by atoms with Crippen molar-refractivity contribution in [3.05, 3.63) is 21.8 Å². The summed E-state index contributed by atoms with van der Waals surface area (Å²) >= 11 is 0. The number of amides is 1. The second-order valence-corrected chi connectivity index (χ2v) is 6.62. The van der Waals surface area contributed by atoms with Gasteiger partial charge in [-0.05, 0) is 24.8 Å². The van der Waals surface area contributed by atoms with Gasteiger partial charge in [0.1, 0.15) is 0 Å². The SMILES string of the molecule is CCCCCCCC(=O)N1CCc2[nH]c3c(c2C1)=CCCC=3. The molecule has 1 aromatic rings. The maximum absolute atomic E-state index is 12.4. The molecule has 0 spiro atoms. The molecule has 1 amide bonds. The lowest BCUT2D eigenvalue weighted by Gasteiger charge is -2.27. The molecule has 1 N–H and O–H groups in total. The van der Waals surface area contributed by atoms with Crippen LogP contribution < -0.4 is 10.6 Å². The Balaban J connectivity index is 1.60. The van der Waals surface area contributed by atoms with Crippen molar-refractivity contribution in [2.45, 2.75) is 71.3 Å². The van der Waals surface area contributed by atoms with Crippen LogP contribution in [0.15, 0.2) is 0 Å². The highest BCUT2D eigenvalue weighted by atomic mass is 16.2. The number of carbonyl (C=O) groups excluding carboxylic acids is 1. The second kappa shape index (κ2) is 7.17. The molecule has 120 valence electrons. The fourth-order valence-corrected chi connectivity index (χ4v) is 3.64. The molecule has 0 unspecified atom stereocenters. The fourth-order valence-electron chi connectivity index (χ4n) is 3.64. The first-order valence-corrected chi connectivity index (χ1v) is 8.97. The van der Waals surface area contributed by atoms with E-state index in [2.05, 4.69) is 29.0 Å². The van der Waals surface area contributed by atoms with Gasteiger partial charge < -0.3 is 9.88 Å². The molecular formula is C19H28N2O. The van der Waals surface area contributed by atoms with Crippen molar-refractivity contribution >= 4 is 18.1 Å². The number of hydrogen-bond donors (Lipinski definition) is 1. The molecule has 2 aliphatic rings. The van der Waals surface area contributed by atoms with Crippen molar-refractivity contribution in [3.63, 3.8) is 0 Å². The van der Waals surface area contributed by atoms with E-state index in [1.807, 2.05) is 0 Å². The van der Waals surface area contributed by atoms with Crippen LogP contribution in [0, 0.1) is 0 Å². The average molecular weight is 300 g/mol. The van der Waals surface area contributed by atoms with Crippen molar-refractivity contribution in [2.24, 2.45) is 0 Å². The van der Waals surface area contributed by atoms with Gasteiger partial charge in [0.15, 0.2) is 0 Å². The van der Waals surface area contributed by atoms with Gasteiger partial charge >= 0.3 is 0 Å². The van der Waals surface area contributed by atoms with E-state index in [9.17, 15) is 4.79 Å². The minimum Gasteiger partial charge on any atom is -0.358 e. The van der Waals surface area contributed by atoms with Crippen LogP contribution in [0.4, 0.5) is 0 Å². The smallest absolute Gasteiger partial charge is 0.222 e. The third kappa shape index (κ3) is 3.29. The Morgan fingerprint density at radius 3 is 2.86 bits per heavy atom. The molecule has 0 fully saturated rings. The summed E-state index contributed by atoms with van der Waals surface area (Å²) in [4.78, 5) is 18.1. The largest absolute Gasteiger partial charge is 0.358 e. The van der Waals surface area contributed by atoms with E-state index in [4.69, 9.17) is 0 Å². The van der Waals surface area contributed by atoms with E-state index in [0.717, 1.165) is 45.2 Å². The Bertz CT molecular complexity index is 641. The van der Waals surface area contributed by atoms with Crippen LogP contribution >= 0.6 is 0 Å². The van der Waals surface area contributed by atoms with E-state index in [1.54, 1.807) is 0 Å². The Labute approximate surface area is 133 Å². The predicted octanol–water partition coefficient (Wildman–Crippen LogP) is 2.61. The van der Waals surface area contributed by atoms with Gasteiger partial charge in [-0.2, -0.15) is 0 Å². The zero-order valence-electron chi connectivity index (χ0n) is 13.8. The van der Waals surface area contributed by atoms with Crippen LogP contribution in [0.25, 0.3) is 12.2 Å². The number of hydrogen-bond acceptors (Lipinski definition) is 1. The number of fused-ring (bicyclic) bond motifs is 3. The summed E-state index contributed by atoms with van der Waals surface area (Å²) in [5.74, 6) is 0.344. The second-order valence-electron chi connectivity index (χ2n) is 6.62. The summed E-state index contributed by atoms with van der Waals surface area (Å²) in [5.41, 5.74) is 2.72. The molecule has 0 bridgehead atoms. The summed E-state index contributed by atoms with van der Waals surface area (Å²) < 4.78 is 0. The lowest BCUT2D eigenvalue weighted by Crippen LogP contribution is -2.38. The van der Waals surface area contributed by atoms with Crippen molar-refractivity contribution < 1.29 is 4.79 Å². The summed E-state index contributed by atoms with van der Waals surface area (Å²) in [6, 6.07) is 0. The molecule has 3 heteroatoms. The predicted molar refractivity (Wildman–Crippen MR) is 90.7 cm³/mol. The van der Waals surface area contributed by atoms with Gasteiger partial charge in [-0.25, -0.2) is 0 Å². The maximum atomic E-state index is 12.4. The van der Waals surface area contributed by atoms with Crippen molar-refractivity contribution in [2.75, 3.05) is 6.54 Å². The molecule has 1 aromatic heterocycles. The monoisotopic (exact) mass is 300 g/mol. The van der Waals surface area contributed by atoms with Crippen LogP contribution in [0.3, 0.4) is 0 Å². The molecule has 1 aliphatic heterocycles. The molecule has 0 atom stereocenters. The molecule has 0 saturated carbocycles. The Morgan fingerprint density at radius 2 is 2.00 bits per heavy atom. The Hall–Kier alpha value is -1.51. The minimum absolute atomic E-state index is 0.344. The highest BCUT2D eigenvalue weighted by Crippen LogP contribution is 2.16. The molecule has 3 rings (SSSR count). The van der Waals surface area contributed by atoms with E-state index < -0.39 is 0 Å². The molecule has 3 nitrogen and oxygen atoms in total. The summed E-state index contributed by atoms with van der Waals surface area (Å²) in [6.45, 7) is 3.90. The molecule has 0 radical (unpaired) electrons. The first-order chi connectivity index (χ1) is 10.8. The Morgan fingerprint density at radius 1 is 1.18 bits per heavy atom. The maximum Gasteiger partial charge on any atom is 0.222 e. The lowest BCUT2D eigenvalue weighted by molar-refractivity contribution is -0.132. The third-order valence-electron chi connectivity index (χ3n) is 4.96. The number of aromatic amines is 1. The van der Waals surface area contributed by atoms with Gasteiger partial charge in [0, 0.05) is 42.2 Å². The first kappa shape index (κ1) is 15.4. The van der Waals surface area contributed by atoms with Crippen LogP contribution in [0.2, 0.25) is 0 Å². The van der Waals surface area contributed by atoms with Crippen LogP contribution in [-0.4, -0.2) is 22.3 Å². The quantitative estimate of drug-likeness (QED) is 0.806. The summed E-state index contributed by atoms with van der Waals surface area (Å²) in [5, 5.41) is 2.65. The van der Waals surface area contributed by atoms with Crippen molar-refractivity contribution in [3.8, 4) is 0 Å². The number of H-pyrrole nitrogens is 1. The van der Waals surface area contributed by atoms with E-state index >= 15 is 0 Å². The normalized spacial score (nSPS) is 16.5. The average Bonchev–Trinajstić information content (AvgIpc) is 2.92. The summed E-state index contributed by atoms with van der Waals surface area (Å²) in [7, 11) is 0. The fraction of sp³-hybridized carbons (Fsp3) is 0.632. The number of rotatable bonds is 6. The van der Waals surface area contributed by atoms with Crippen LogP contribution in [0.1, 0.15) is 69.5 Å². The topological polar surface area (TPSA) is 36.1 Å². The molecule has 1 aliphatic carbocycles. The third-order valence-corrected chi connectivity index (χ3v) is 4.96. The molecule has 22 heavy (non-hydrogen) atoms. The summed E-state index contributed by atoms with van der Waals surface area (Å²) in [6.07, 6.45) is 14.7. The minimum atomic E-state index is 0.344. The highest BCUT2D eigenvalue weighted by molar-refractivity contribution is 5.76. The van der Waals surface area contributed by atoms with Gasteiger partial charge in [0.25, 0.3) is 0 Å². The highest BCUT2D eigenvalue weighted by Gasteiger charge is 2.23. The number of nitrogens with zero attached hydrogens (tertiary/aromatic N) is 1. The van der Waals surface area contributed by atoms with E-state index in [1.165, 1.54) is 47.5 Å². The number of aromatic nitrogens is 1. The van der Waals surface area contributed by atoms with Gasteiger partial charge in [0.2, 0.25) is 5.91 Å². The zero-order chi connectivity index (χ0) is 15.4. The van der Waals surface area contributed by atoms with Gasteiger partial charge in [-0.15, -0.1) is 0 Å². The van der Waals surface area contributed by atoms with Gasteiger partial charge in [-0.1, -0.05) is 44.8 Å². The van der Waals surface area contributed by atoms with Crippen LogP contribution in [0.5, 0.6) is 0 Å². The molecule has 0 aromatic carbocycles. The van der Waals surface area contributed by atoms with Gasteiger partial charge in [-0.3, -0.25) is 4.79 Å². The zero-order valence-corrected chi connectivity index (χ0v) is 13.8. The number of unbranched alkanes of at least 4 members (excludes halogenated alkanes) is 4. The molecular weight excluding hydrogens is 272 g/mol. The number of carbonyl (C=O) groups is 1.